The second kappa shape index (κ2) is 8.65. The smallest absolute Gasteiger partial charge is 0.399 e. The zero-order chi connectivity index (χ0) is 20.1. The SMILES string of the molecule is Nc1ccccc1CCC(=O)NC1CCN(Cc2ccc(C(F)(F)F)cc2)C1. The van der Waals surface area contributed by atoms with E-state index in [9.17, 15) is 18.0 Å². The van der Waals surface area contributed by atoms with Gasteiger partial charge in [0, 0.05) is 37.8 Å². The number of halogens is 3. The molecule has 2 aromatic rings. The highest BCUT2D eigenvalue weighted by Crippen LogP contribution is 2.29. The van der Waals surface area contributed by atoms with Gasteiger partial charge in [-0.2, -0.15) is 13.2 Å². The van der Waals surface area contributed by atoms with E-state index in [1.165, 1.54) is 12.1 Å². The van der Waals surface area contributed by atoms with E-state index in [0.29, 0.717) is 31.6 Å². The number of benzene rings is 2. The molecule has 1 amide bonds. The fraction of sp³-hybridized carbons (Fsp3) is 0.381. The van der Waals surface area contributed by atoms with Crippen LogP contribution in [0.5, 0.6) is 0 Å². The molecule has 3 N–H and O–H groups in total. The van der Waals surface area contributed by atoms with Crippen LogP contribution in [-0.4, -0.2) is 29.9 Å². The lowest BCUT2D eigenvalue weighted by atomic mass is 10.1. The summed E-state index contributed by atoms with van der Waals surface area (Å²) in [5.41, 5.74) is 7.75. The van der Waals surface area contributed by atoms with Crippen LogP contribution in [0.15, 0.2) is 48.5 Å². The van der Waals surface area contributed by atoms with Gasteiger partial charge in [0.25, 0.3) is 0 Å². The van der Waals surface area contributed by atoms with Gasteiger partial charge in [-0.15, -0.1) is 0 Å². The van der Waals surface area contributed by atoms with Crippen molar-refractivity contribution in [3.63, 3.8) is 0 Å². The van der Waals surface area contributed by atoms with Gasteiger partial charge in [0.2, 0.25) is 5.91 Å². The third-order valence-corrected chi connectivity index (χ3v) is 5.00. The summed E-state index contributed by atoms with van der Waals surface area (Å²) in [5, 5.41) is 3.04. The van der Waals surface area contributed by atoms with Gasteiger partial charge in [0.1, 0.15) is 0 Å². The van der Waals surface area contributed by atoms with Crippen molar-refractivity contribution in [1.82, 2.24) is 10.2 Å². The Hall–Kier alpha value is -2.54. The number of anilines is 1. The number of rotatable bonds is 6. The predicted octanol–water partition coefficient (Wildman–Crippen LogP) is 3.61. The van der Waals surface area contributed by atoms with Crippen molar-refractivity contribution < 1.29 is 18.0 Å². The monoisotopic (exact) mass is 391 g/mol. The minimum Gasteiger partial charge on any atom is -0.399 e. The lowest BCUT2D eigenvalue weighted by Gasteiger charge is -2.17. The Morgan fingerprint density at radius 1 is 1.14 bits per heavy atom. The van der Waals surface area contributed by atoms with Crippen molar-refractivity contribution in [3.8, 4) is 0 Å². The summed E-state index contributed by atoms with van der Waals surface area (Å²) in [4.78, 5) is 14.3. The molecule has 1 aliphatic rings. The maximum Gasteiger partial charge on any atom is 0.416 e. The van der Waals surface area contributed by atoms with Gasteiger partial charge in [-0.3, -0.25) is 9.69 Å². The number of amides is 1. The molecule has 0 saturated carbocycles. The number of likely N-dealkylation sites (tertiary alicyclic amines) is 1. The van der Waals surface area contributed by atoms with Crippen molar-refractivity contribution in [1.29, 1.82) is 0 Å². The minimum absolute atomic E-state index is 0.00960. The summed E-state index contributed by atoms with van der Waals surface area (Å²) >= 11 is 0. The highest BCUT2D eigenvalue weighted by molar-refractivity contribution is 5.76. The molecule has 0 spiro atoms. The summed E-state index contributed by atoms with van der Waals surface area (Å²) in [6, 6.07) is 12.8. The number of carbonyl (C=O) groups is 1. The van der Waals surface area contributed by atoms with Crippen LogP contribution in [0.1, 0.15) is 29.5 Å². The lowest BCUT2D eigenvalue weighted by Crippen LogP contribution is -2.37. The van der Waals surface area contributed by atoms with Gasteiger partial charge >= 0.3 is 6.18 Å². The quantitative estimate of drug-likeness (QED) is 0.740. The van der Waals surface area contributed by atoms with Gasteiger partial charge in [0.05, 0.1) is 5.56 Å². The topological polar surface area (TPSA) is 58.4 Å². The molecular formula is C21H24F3N3O. The molecule has 4 nitrogen and oxygen atoms in total. The summed E-state index contributed by atoms with van der Waals surface area (Å²) in [6.07, 6.45) is -2.50. The zero-order valence-electron chi connectivity index (χ0n) is 15.5. The number of nitrogens with one attached hydrogen (secondary N) is 1. The molecule has 28 heavy (non-hydrogen) atoms. The van der Waals surface area contributed by atoms with Crippen LogP contribution in [0, 0.1) is 0 Å². The number of nitrogen functional groups attached to an aromatic ring is 1. The fourth-order valence-corrected chi connectivity index (χ4v) is 3.46. The first-order chi connectivity index (χ1) is 13.3. The molecule has 1 heterocycles. The number of nitrogens with two attached hydrogens (primary N) is 1. The summed E-state index contributed by atoms with van der Waals surface area (Å²) in [7, 11) is 0. The number of para-hydroxylation sites is 1. The van der Waals surface area contributed by atoms with E-state index in [1.807, 2.05) is 24.3 Å². The molecule has 150 valence electrons. The average Bonchev–Trinajstić information content (AvgIpc) is 3.07. The van der Waals surface area contributed by atoms with E-state index in [4.69, 9.17) is 5.73 Å². The van der Waals surface area contributed by atoms with Crippen LogP contribution in [0.2, 0.25) is 0 Å². The number of hydrogen-bond donors (Lipinski definition) is 2. The third kappa shape index (κ3) is 5.48. The van der Waals surface area contributed by atoms with E-state index in [2.05, 4.69) is 10.2 Å². The minimum atomic E-state index is -4.31. The molecule has 3 rings (SSSR count). The first-order valence-electron chi connectivity index (χ1n) is 9.32. The van der Waals surface area contributed by atoms with E-state index in [1.54, 1.807) is 0 Å². The largest absolute Gasteiger partial charge is 0.416 e. The van der Waals surface area contributed by atoms with E-state index in [0.717, 1.165) is 36.2 Å². The number of aryl methyl sites for hydroxylation is 1. The Kier molecular flexibility index (Phi) is 6.24. The molecule has 0 aliphatic carbocycles. The second-order valence-electron chi connectivity index (χ2n) is 7.18. The van der Waals surface area contributed by atoms with Crippen molar-refractivity contribution in [3.05, 3.63) is 65.2 Å². The molecule has 1 saturated heterocycles. The molecular weight excluding hydrogens is 367 g/mol. The van der Waals surface area contributed by atoms with Gasteiger partial charge in [0.15, 0.2) is 0 Å². The first-order valence-corrected chi connectivity index (χ1v) is 9.32. The standard InChI is InChI=1S/C21H24F3N3O/c22-21(23,24)17-8-5-15(6-9-17)13-27-12-11-18(14-27)26-20(28)10-7-16-3-1-2-4-19(16)25/h1-6,8-9,18H,7,10-14,25H2,(H,26,28). The van der Waals surface area contributed by atoms with Crippen molar-refractivity contribution in [2.75, 3.05) is 18.8 Å². The van der Waals surface area contributed by atoms with Crippen LogP contribution in [0.3, 0.4) is 0 Å². The highest BCUT2D eigenvalue weighted by Gasteiger charge is 2.30. The van der Waals surface area contributed by atoms with Crippen LogP contribution in [0.25, 0.3) is 0 Å². The van der Waals surface area contributed by atoms with Gasteiger partial charge in [-0.25, -0.2) is 0 Å². The molecule has 1 unspecified atom stereocenters. The molecule has 1 aliphatic heterocycles. The summed E-state index contributed by atoms with van der Waals surface area (Å²) in [5.74, 6) is -0.00960. The zero-order valence-corrected chi connectivity index (χ0v) is 15.5. The molecule has 2 aromatic carbocycles. The predicted molar refractivity (Wildman–Crippen MR) is 102 cm³/mol. The van der Waals surface area contributed by atoms with Crippen LogP contribution < -0.4 is 11.1 Å². The number of carbonyl (C=O) groups excluding carboxylic acids is 1. The van der Waals surface area contributed by atoms with Crippen LogP contribution in [-0.2, 0) is 23.9 Å². The van der Waals surface area contributed by atoms with E-state index >= 15 is 0 Å². The van der Waals surface area contributed by atoms with Crippen molar-refractivity contribution in [2.45, 2.75) is 38.0 Å². The third-order valence-electron chi connectivity index (χ3n) is 5.00. The molecule has 1 fully saturated rings. The highest BCUT2D eigenvalue weighted by atomic mass is 19.4. The van der Waals surface area contributed by atoms with Gasteiger partial charge in [-0.05, 0) is 42.2 Å². The number of hydrogen-bond acceptors (Lipinski definition) is 3. The van der Waals surface area contributed by atoms with Gasteiger partial charge < -0.3 is 11.1 Å². The Bertz CT molecular complexity index is 805. The molecule has 0 radical (unpaired) electrons. The Labute approximate surface area is 162 Å². The van der Waals surface area contributed by atoms with Crippen LogP contribution >= 0.6 is 0 Å². The normalized spacial score (nSPS) is 17.6. The number of alkyl halides is 3. The molecule has 7 heteroatoms. The maximum absolute atomic E-state index is 12.6. The Morgan fingerprint density at radius 3 is 2.54 bits per heavy atom. The average molecular weight is 391 g/mol. The first kappa shape index (κ1) is 20.2. The van der Waals surface area contributed by atoms with Gasteiger partial charge in [-0.1, -0.05) is 30.3 Å². The molecule has 1 atom stereocenters. The Morgan fingerprint density at radius 2 is 1.86 bits per heavy atom. The van der Waals surface area contributed by atoms with Crippen molar-refractivity contribution >= 4 is 11.6 Å². The lowest BCUT2D eigenvalue weighted by molar-refractivity contribution is -0.137. The maximum atomic E-state index is 12.6. The van der Waals surface area contributed by atoms with Crippen LogP contribution in [0.4, 0.5) is 18.9 Å². The van der Waals surface area contributed by atoms with E-state index < -0.39 is 11.7 Å². The molecule has 0 aromatic heterocycles. The fourth-order valence-electron chi connectivity index (χ4n) is 3.46. The van der Waals surface area contributed by atoms with E-state index in [-0.39, 0.29) is 11.9 Å². The molecule has 0 bridgehead atoms. The van der Waals surface area contributed by atoms with Crippen molar-refractivity contribution in [2.24, 2.45) is 0 Å². The Balaban J connectivity index is 1.43. The summed E-state index contributed by atoms with van der Waals surface area (Å²) in [6.45, 7) is 2.07. The summed E-state index contributed by atoms with van der Waals surface area (Å²) < 4.78 is 37.9. The second-order valence-corrected chi connectivity index (χ2v) is 7.18. The number of nitrogens with zero attached hydrogens (tertiary/aromatic N) is 1.